The lowest BCUT2D eigenvalue weighted by molar-refractivity contribution is 0.625. The molecule has 0 bridgehead atoms. The molecule has 3 aromatic rings. The molecular formula is C21H24FIN4. The van der Waals surface area contributed by atoms with Crippen molar-refractivity contribution in [3.05, 3.63) is 77.7 Å². The summed E-state index contributed by atoms with van der Waals surface area (Å²) in [5, 5.41) is 7.68. The van der Waals surface area contributed by atoms with Crippen LogP contribution < -0.4 is 10.6 Å². The van der Waals surface area contributed by atoms with E-state index in [1.807, 2.05) is 43.5 Å². The second kappa shape index (κ2) is 10.8. The van der Waals surface area contributed by atoms with Gasteiger partial charge in [-0.3, -0.25) is 4.98 Å². The van der Waals surface area contributed by atoms with Crippen molar-refractivity contribution in [2.75, 3.05) is 13.1 Å². The Bertz CT molecular complexity index is 893. The van der Waals surface area contributed by atoms with Gasteiger partial charge in [-0.15, -0.1) is 24.0 Å². The molecule has 0 saturated heterocycles. The van der Waals surface area contributed by atoms with Gasteiger partial charge in [0.05, 0.1) is 12.1 Å². The van der Waals surface area contributed by atoms with Gasteiger partial charge in [0, 0.05) is 24.7 Å². The van der Waals surface area contributed by atoms with Crippen LogP contribution in [-0.4, -0.2) is 24.0 Å². The standard InChI is InChI=1S/C21H23FN4.HI/c1-2-23-21(25-12-10-16-6-5-7-18(22)14-16)26-15-17-11-13-24-20-9-4-3-8-19(17)20;/h3-9,11,13-14H,2,10,12,15H2,1H3,(H2,23,25,26);1H. The number of nitrogens with one attached hydrogen (secondary N) is 2. The van der Waals surface area contributed by atoms with Gasteiger partial charge < -0.3 is 10.6 Å². The first-order valence-corrected chi connectivity index (χ1v) is 8.85. The average Bonchev–Trinajstić information content (AvgIpc) is 2.66. The van der Waals surface area contributed by atoms with Crippen molar-refractivity contribution < 1.29 is 4.39 Å². The molecule has 0 aliphatic rings. The number of halogens is 2. The molecule has 4 nitrogen and oxygen atoms in total. The first-order valence-electron chi connectivity index (χ1n) is 8.85. The Morgan fingerprint density at radius 1 is 1.07 bits per heavy atom. The molecule has 0 aliphatic heterocycles. The second-order valence-electron chi connectivity index (χ2n) is 5.99. The van der Waals surface area contributed by atoms with Crippen LogP contribution in [0.2, 0.25) is 0 Å². The second-order valence-corrected chi connectivity index (χ2v) is 5.99. The maximum Gasteiger partial charge on any atom is 0.191 e. The number of pyridine rings is 1. The lowest BCUT2D eigenvalue weighted by Crippen LogP contribution is -2.38. The number of fused-ring (bicyclic) bond motifs is 1. The van der Waals surface area contributed by atoms with Crippen molar-refractivity contribution in [1.29, 1.82) is 0 Å². The summed E-state index contributed by atoms with van der Waals surface area (Å²) in [4.78, 5) is 9.06. The number of rotatable bonds is 6. The molecule has 0 radical (unpaired) electrons. The van der Waals surface area contributed by atoms with E-state index in [1.165, 1.54) is 6.07 Å². The summed E-state index contributed by atoms with van der Waals surface area (Å²) in [7, 11) is 0. The predicted molar refractivity (Wildman–Crippen MR) is 120 cm³/mol. The Balaban J connectivity index is 0.00000261. The van der Waals surface area contributed by atoms with Crippen LogP contribution in [0.15, 0.2) is 65.8 Å². The molecule has 2 N–H and O–H groups in total. The molecule has 6 heteroatoms. The normalized spacial score (nSPS) is 11.1. The third kappa shape index (κ3) is 6.16. The van der Waals surface area contributed by atoms with Crippen molar-refractivity contribution in [2.45, 2.75) is 19.9 Å². The van der Waals surface area contributed by atoms with Gasteiger partial charge >= 0.3 is 0 Å². The Morgan fingerprint density at radius 2 is 1.93 bits per heavy atom. The fourth-order valence-corrected chi connectivity index (χ4v) is 2.82. The van der Waals surface area contributed by atoms with E-state index < -0.39 is 0 Å². The van der Waals surface area contributed by atoms with Crippen LogP contribution in [0.1, 0.15) is 18.1 Å². The maximum atomic E-state index is 13.2. The van der Waals surface area contributed by atoms with Crippen LogP contribution in [0.25, 0.3) is 10.9 Å². The summed E-state index contributed by atoms with van der Waals surface area (Å²) >= 11 is 0. The predicted octanol–water partition coefficient (Wildman–Crippen LogP) is 4.29. The zero-order chi connectivity index (χ0) is 18.2. The quantitative estimate of drug-likeness (QED) is 0.316. The van der Waals surface area contributed by atoms with Gasteiger partial charge in [0.25, 0.3) is 0 Å². The third-order valence-electron chi connectivity index (χ3n) is 4.09. The fraction of sp³-hybridized carbons (Fsp3) is 0.238. The SMILES string of the molecule is CCNC(=NCc1ccnc2ccccc12)NCCc1cccc(F)c1.I. The highest BCUT2D eigenvalue weighted by molar-refractivity contribution is 14.0. The summed E-state index contributed by atoms with van der Waals surface area (Å²) in [6.07, 6.45) is 2.55. The molecule has 142 valence electrons. The Morgan fingerprint density at radius 3 is 2.74 bits per heavy atom. The summed E-state index contributed by atoms with van der Waals surface area (Å²) < 4.78 is 13.2. The van der Waals surface area contributed by atoms with Crippen LogP contribution in [0, 0.1) is 5.82 Å². The first kappa shape index (κ1) is 21.1. The zero-order valence-electron chi connectivity index (χ0n) is 15.3. The van der Waals surface area contributed by atoms with Crippen molar-refractivity contribution in [1.82, 2.24) is 15.6 Å². The van der Waals surface area contributed by atoms with E-state index in [2.05, 4.69) is 26.7 Å². The van der Waals surface area contributed by atoms with Crippen LogP contribution >= 0.6 is 24.0 Å². The molecule has 0 amide bonds. The minimum Gasteiger partial charge on any atom is -0.357 e. The Labute approximate surface area is 176 Å². The van der Waals surface area contributed by atoms with E-state index >= 15 is 0 Å². The van der Waals surface area contributed by atoms with E-state index in [-0.39, 0.29) is 29.8 Å². The summed E-state index contributed by atoms with van der Waals surface area (Å²) in [5.74, 6) is 0.553. The number of benzene rings is 2. The monoisotopic (exact) mass is 478 g/mol. The fourth-order valence-electron chi connectivity index (χ4n) is 2.82. The van der Waals surface area contributed by atoms with E-state index in [1.54, 1.807) is 12.1 Å². The number of aliphatic imine (C=N–C) groups is 1. The van der Waals surface area contributed by atoms with Crippen LogP contribution in [0.4, 0.5) is 4.39 Å². The van der Waals surface area contributed by atoms with Gasteiger partial charge in [0.1, 0.15) is 5.82 Å². The first-order chi connectivity index (χ1) is 12.8. The molecule has 0 unspecified atom stereocenters. The summed E-state index contributed by atoms with van der Waals surface area (Å²) in [6.45, 7) is 4.07. The average molecular weight is 478 g/mol. The number of aromatic nitrogens is 1. The molecule has 0 aliphatic carbocycles. The van der Waals surface area contributed by atoms with Crippen LogP contribution in [-0.2, 0) is 13.0 Å². The van der Waals surface area contributed by atoms with Gasteiger partial charge in [-0.1, -0.05) is 30.3 Å². The van der Waals surface area contributed by atoms with Gasteiger partial charge in [-0.25, -0.2) is 9.38 Å². The topological polar surface area (TPSA) is 49.3 Å². The van der Waals surface area contributed by atoms with E-state index in [9.17, 15) is 4.39 Å². The highest BCUT2D eigenvalue weighted by Gasteiger charge is 2.03. The number of nitrogens with zero attached hydrogens (tertiary/aromatic N) is 2. The number of para-hydroxylation sites is 1. The third-order valence-corrected chi connectivity index (χ3v) is 4.09. The molecule has 0 fully saturated rings. The largest absolute Gasteiger partial charge is 0.357 e. The molecule has 3 rings (SSSR count). The minimum absolute atomic E-state index is 0. The molecule has 2 aromatic carbocycles. The molecule has 0 spiro atoms. The smallest absolute Gasteiger partial charge is 0.191 e. The Kier molecular flexibility index (Phi) is 8.44. The van der Waals surface area contributed by atoms with Crippen molar-refractivity contribution in [2.24, 2.45) is 4.99 Å². The van der Waals surface area contributed by atoms with E-state index in [0.717, 1.165) is 41.0 Å². The van der Waals surface area contributed by atoms with E-state index in [4.69, 9.17) is 0 Å². The molecule has 27 heavy (non-hydrogen) atoms. The lowest BCUT2D eigenvalue weighted by Gasteiger charge is -2.12. The van der Waals surface area contributed by atoms with Crippen molar-refractivity contribution in [3.8, 4) is 0 Å². The maximum absolute atomic E-state index is 13.2. The molecule has 0 saturated carbocycles. The van der Waals surface area contributed by atoms with Crippen molar-refractivity contribution >= 4 is 40.8 Å². The number of hydrogen-bond acceptors (Lipinski definition) is 2. The van der Waals surface area contributed by atoms with Crippen molar-refractivity contribution in [3.63, 3.8) is 0 Å². The molecule has 0 atom stereocenters. The van der Waals surface area contributed by atoms with Crippen LogP contribution in [0.3, 0.4) is 0 Å². The van der Waals surface area contributed by atoms with Crippen LogP contribution in [0.5, 0.6) is 0 Å². The van der Waals surface area contributed by atoms with Gasteiger partial charge in [0.2, 0.25) is 0 Å². The van der Waals surface area contributed by atoms with Gasteiger partial charge in [-0.05, 0) is 48.7 Å². The van der Waals surface area contributed by atoms with E-state index in [0.29, 0.717) is 13.1 Å². The number of guanidine groups is 1. The van der Waals surface area contributed by atoms with Gasteiger partial charge in [0.15, 0.2) is 5.96 Å². The molecule has 1 heterocycles. The summed E-state index contributed by atoms with van der Waals surface area (Å²) in [5.41, 5.74) is 3.08. The Hall–Kier alpha value is -2.22. The van der Waals surface area contributed by atoms with Gasteiger partial charge in [-0.2, -0.15) is 0 Å². The highest BCUT2D eigenvalue weighted by Crippen LogP contribution is 2.16. The molecular weight excluding hydrogens is 454 g/mol. The summed E-state index contributed by atoms with van der Waals surface area (Å²) in [6, 6.07) is 16.8. The molecule has 1 aromatic heterocycles. The highest BCUT2D eigenvalue weighted by atomic mass is 127. The minimum atomic E-state index is -0.201. The lowest BCUT2D eigenvalue weighted by atomic mass is 10.1. The zero-order valence-corrected chi connectivity index (χ0v) is 17.6. The number of hydrogen-bond donors (Lipinski definition) is 2.